The zero-order chi connectivity index (χ0) is 17.6. The van der Waals surface area contributed by atoms with Gasteiger partial charge in [-0.15, -0.1) is 0 Å². The average molecular weight is 336 g/mol. The third-order valence-electron chi connectivity index (χ3n) is 4.42. The third-order valence-corrected chi connectivity index (χ3v) is 4.42. The fourth-order valence-electron chi connectivity index (χ4n) is 3.03. The van der Waals surface area contributed by atoms with Crippen molar-refractivity contribution in [1.29, 1.82) is 0 Å². The van der Waals surface area contributed by atoms with Crippen molar-refractivity contribution in [3.05, 3.63) is 71.4 Å². The van der Waals surface area contributed by atoms with Gasteiger partial charge in [0, 0.05) is 36.8 Å². The SMILES string of the molecule is COCc1cc([C@H](C)NCc2cccc3cccnc23)ccc1OC. The molecule has 1 heterocycles. The summed E-state index contributed by atoms with van der Waals surface area (Å²) in [5, 5.41) is 4.76. The maximum Gasteiger partial charge on any atom is 0.124 e. The van der Waals surface area contributed by atoms with Crippen LogP contribution >= 0.6 is 0 Å². The molecule has 1 aromatic heterocycles. The Balaban J connectivity index is 1.76. The Morgan fingerprint density at radius 3 is 2.68 bits per heavy atom. The number of ether oxygens (including phenoxy) is 2. The van der Waals surface area contributed by atoms with Crippen molar-refractivity contribution >= 4 is 10.9 Å². The molecule has 0 bridgehead atoms. The van der Waals surface area contributed by atoms with Crippen LogP contribution < -0.4 is 10.1 Å². The van der Waals surface area contributed by atoms with E-state index in [0.717, 1.165) is 23.4 Å². The first-order valence-corrected chi connectivity index (χ1v) is 8.44. The molecule has 4 heteroatoms. The fourth-order valence-corrected chi connectivity index (χ4v) is 3.03. The van der Waals surface area contributed by atoms with Crippen LogP contribution in [0.1, 0.15) is 29.7 Å². The summed E-state index contributed by atoms with van der Waals surface area (Å²) in [5.41, 5.74) is 4.53. The van der Waals surface area contributed by atoms with Crippen LogP contribution in [0.2, 0.25) is 0 Å². The quantitative estimate of drug-likeness (QED) is 0.701. The number of methoxy groups -OCH3 is 2. The van der Waals surface area contributed by atoms with Crippen molar-refractivity contribution in [1.82, 2.24) is 10.3 Å². The van der Waals surface area contributed by atoms with Crippen molar-refractivity contribution in [2.45, 2.75) is 26.1 Å². The first-order valence-electron chi connectivity index (χ1n) is 8.44. The molecule has 0 radical (unpaired) electrons. The average Bonchev–Trinajstić information content (AvgIpc) is 2.66. The largest absolute Gasteiger partial charge is 0.496 e. The van der Waals surface area contributed by atoms with Crippen molar-refractivity contribution < 1.29 is 9.47 Å². The Labute approximate surface area is 148 Å². The normalized spacial score (nSPS) is 12.3. The summed E-state index contributed by atoms with van der Waals surface area (Å²) < 4.78 is 10.7. The lowest BCUT2D eigenvalue weighted by molar-refractivity contribution is 0.181. The van der Waals surface area contributed by atoms with E-state index < -0.39 is 0 Å². The van der Waals surface area contributed by atoms with Crippen molar-refractivity contribution in [3.8, 4) is 5.75 Å². The van der Waals surface area contributed by atoms with E-state index in [1.165, 1.54) is 16.5 Å². The highest BCUT2D eigenvalue weighted by molar-refractivity contribution is 5.81. The molecular weight excluding hydrogens is 312 g/mol. The molecule has 0 fully saturated rings. The molecule has 0 unspecified atom stereocenters. The Kier molecular flexibility index (Phi) is 5.64. The highest BCUT2D eigenvalue weighted by Crippen LogP contribution is 2.24. The second-order valence-electron chi connectivity index (χ2n) is 6.10. The molecule has 0 saturated heterocycles. The van der Waals surface area contributed by atoms with Crippen molar-refractivity contribution in [3.63, 3.8) is 0 Å². The van der Waals surface area contributed by atoms with Crippen LogP contribution in [-0.4, -0.2) is 19.2 Å². The lowest BCUT2D eigenvalue weighted by Crippen LogP contribution is -2.18. The van der Waals surface area contributed by atoms with E-state index in [4.69, 9.17) is 9.47 Å². The number of nitrogens with zero attached hydrogens (tertiary/aromatic N) is 1. The highest BCUT2D eigenvalue weighted by atomic mass is 16.5. The van der Waals surface area contributed by atoms with Crippen LogP contribution in [0, 0.1) is 0 Å². The van der Waals surface area contributed by atoms with E-state index in [-0.39, 0.29) is 6.04 Å². The molecule has 0 aliphatic carbocycles. The molecule has 3 aromatic rings. The number of benzene rings is 2. The number of fused-ring (bicyclic) bond motifs is 1. The number of nitrogens with one attached hydrogen (secondary N) is 1. The topological polar surface area (TPSA) is 43.4 Å². The van der Waals surface area contributed by atoms with Gasteiger partial charge in [0.05, 0.1) is 19.2 Å². The van der Waals surface area contributed by atoms with E-state index >= 15 is 0 Å². The van der Waals surface area contributed by atoms with Crippen LogP contribution in [0.25, 0.3) is 10.9 Å². The summed E-state index contributed by atoms with van der Waals surface area (Å²) in [4.78, 5) is 4.52. The van der Waals surface area contributed by atoms with Gasteiger partial charge in [-0.2, -0.15) is 0 Å². The maximum atomic E-state index is 5.40. The Bertz CT molecular complexity index is 843. The summed E-state index contributed by atoms with van der Waals surface area (Å²) in [6.45, 7) is 3.47. The Morgan fingerprint density at radius 1 is 1.04 bits per heavy atom. The number of aromatic nitrogens is 1. The van der Waals surface area contributed by atoms with Gasteiger partial charge in [-0.05, 0) is 36.2 Å². The number of hydrogen-bond acceptors (Lipinski definition) is 4. The van der Waals surface area contributed by atoms with Crippen LogP contribution in [0.4, 0.5) is 0 Å². The minimum Gasteiger partial charge on any atom is -0.496 e. The van der Waals surface area contributed by atoms with Gasteiger partial charge < -0.3 is 14.8 Å². The van der Waals surface area contributed by atoms with Gasteiger partial charge in [0.25, 0.3) is 0 Å². The molecule has 25 heavy (non-hydrogen) atoms. The second kappa shape index (κ2) is 8.10. The summed E-state index contributed by atoms with van der Waals surface area (Å²) in [6.07, 6.45) is 1.84. The summed E-state index contributed by atoms with van der Waals surface area (Å²) in [5.74, 6) is 0.857. The number of rotatable bonds is 7. The van der Waals surface area contributed by atoms with Crippen LogP contribution in [0.5, 0.6) is 5.75 Å². The molecule has 3 rings (SSSR count). The zero-order valence-corrected chi connectivity index (χ0v) is 15.0. The molecule has 1 atom stereocenters. The number of pyridine rings is 1. The molecule has 0 spiro atoms. The van der Waals surface area contributed by atoms with E-state index in [1.54, 1.807) is 14.2 Å². The Morgan fingerprint density at radius 2 is 1.88 bits per heavy atom. The van der Waals surface area contributed by atoms with E-state index in [9.17, 15) is 0 Å². The molecule has 1 N–H and O–H groups in total. The summed E-state index contributed by atoms with van der Waals surface area (Å²) >= 11 is 0. The highest BCUT2D eigenvalue weighted by Gasteiger charge is 2.10. The summed E-state index contributed by atoms with van der Waals surface area (Å²) in [6, 6.07) is 16.8. The number of hydrogen-bond donors (Lipinski definition) is 1. The van der Waals surface area contributed by atoms with Gasteiger partial charge in [0.15, 0.2) is 0 Å². The standard InChI is InChI=1S/C21H24N2O2/c1-15(17-9-10-20(25-3)19(12-17)14-24-2)23-13-18-7-4-6-16-8-5-11-22-21(16)18/h4-12,15,23H,13-14H2,1-3H3/t15-/m0/s1. The summed E-state index contributed by atoms with van der Waals surface area (Å²) in [7, 11) is 3.38. The molecule has 0 saturated carbocycles. The molecule has 2 aromatic carbocycles. The van der Waals surface area contributed by atoms with Crippen LogP contribution in [0.15, 0.2) is 54.7 Å². The van der Waals surface area contributed by atoms with Crippen molar-refractivity contribution in [2.24, 2.45) is 0 Å². The van der Waals surface area contributed by atoms with Gasteiger partial charge in [0.1, 0.15) is 5.75 Å². The van der Waals surface area contributed by atoms with Gasteiger partial charge in [-0.3, -0.25) is 4.98 Å². The molecule has 130 valence electrons. The molecular formula is C21H24N2O2. The lowest BCUT2D eigenvalue weighted by Gasteiger charge is -2.17. The van der Waals surface area contributed by atoms with Crippen molar-refractivity contribution in [2.75, 3.05) is 14.2 Å². The van der Waals surface area contributed by atoms with E-state index in [2.05, 4.69) is 53.6 Å². The first-order chi connectivity index (χ1) is 12.2. The van der Waals surface area contributed by atoms with Gasteiger partial charge in [0.2, 0.25) is 0 Å². The van der Waals surface area contributed by atoms with Crippen LogP contribution in [-0.2, 0) is 17.9 Å². The lowest BCUT2D eigenvalue weighted by atomic mass is 10.0. The van der Waals surface area contributed by atoms with Gasteiger partial charge in [-0.1, -0.05) is 30.3 Å². The molecule has 0 aliphatic heterocycles. The third kappa shape index (κ3) is 3.98. The molecule has 0 amide bonds. The van der Waals surface area contributed by atoms with E-state index in [0.29, 0.717) is 6.61 Å². The maximum absolute atomic E-state index is 5.40. The minimum atomic E-state index is 0.209. The predicted octanol–water partition coefficient (Wildman–Crippen LogP) is 4.24. The predicted molar refractivity (Wildman–Crippen MR) is 101 cm³/mol. The molecule has 0 aliphatic rings. The minimum absolute atomic E-state index is 0.209. The van der Waals surface area contributed by atoms with E-state index in [1.807, 2.05) is 18.3 Å². The second-order valence-corrected chi connectivity index (χ2v) is 6.10. The van der Waals surface area contributed by atoms with Crippen LogP contribution in [0.3, 0.4) is 0 Å². The van der Waals surface area contributed by atoms with Gasteiger partial charge in [-0.25, -0.2) is 0 Å². The Hall–Kier alpha value is -2.43. The van der Waals surface area contributed by atoms with Gasteiger partial charge >= 0.3 is 0 Å². The molecule has 4 nitrogen and oxygen atoms in total. The zero-order valence-electron chi connectivity index (χ0n) is 15.0. The fraction of sp³-hybridized carbons (Fsp3) is 0.286. The first kappa shape index (κ1) is 17.4. The number of para-hydroxylation sites is 1. The smallest absolute Gasteiger partial charge is 0.124 e. The monoisotopic (exact) mass is 336 g/mol.